The number of nitrogens with zero attached hydrogens (tertiary/aromatic N) is 1. The van der Waals surface area contributed by atoms with Crippen LogP contribution in [0.15, 0.2) is 0 Å². The van der Waals surface area contributed by atoms with Gasteiger partial charge in [-0.05, 0) is 32.6 Å². The topological polar surface area (TPSA) is 174 Å². The number of likely N-dealkylation sites (tertiary alicyclic amines) is 1. The molecule has 5 N–H and O–H groups in total. The summed E-state index contributed by atoms with van der Waals surface area (Å²) in [6.07, 6.45) is -0.571. The van der Waals surface area contributed by atoms with Crippen molar-refractivity contribution >= 4 is 29.7 Å². The highest BCUT2D eigenvalue weighted by Crippen LogP contribution is 2.26. The maximum atomic E-state index is 12.7. The largest absolute Gasteiger partial charge is 0.480 e. The molecule has 1 heterocycles. The van der Waals surface area contributed by atoms with E-state index in [1.807, 2.05) is 20.8 Å². The zero-order valence-electron chi connectivity index (χ0n) is 20.5. The number of rotatable bonds is 13. The molecule has 0 radical (unpaired) electrons. The molecule has 3 amide bonds. The molecule has 194 valence electrons. The van der Waals surface area contributed by atoms with Crippen molar-refractivity contribution in [3.63, 3.8) is 0 Å². The van der Waals surface area contributed by atoms with Crippen LogP contribution in [0.2, 0.25) is 0 Å². The Kier molecular flexibility index (Phi) is 11.9. The van der Waals surface area contributed by atoms with Gasteiger partial charge in [-0.15, -0.1) is 0 Å². The van der Waals surface area contributed by atoms with Crippen LogP contribution >= 0.6 is 0 Å². The van der Waals surface area contributed by atoms with Gasteiger partial charge in [0, 0.05) is 25.4 Å². The zero-order valence-corrected chi connectivity index (χ0v) is 20.5. The lowest BCUT2D eigenvalue weighted by molar-refractivity contribution is -0.144. The molecule has 1 aliphatic heterocycles. The Balaban J connectivity index is 2.55. The van der Waals surface area contributed by atoms with E-state index in [-0.39, 0.29) is 56.0 Å². The average molecular weight is 487 g/mol. The van der Waals surface area contributed by atoms with E-state index in [0.29, 0.717) is 6.42 Å². The second-order valence-electron chi connectivity index (χ2n) is 9.00. The SMILES string of the molecule is COC(=O)CCC(=O)NCCC(=O)NC1CC(C)N(C(C)C(=O)NC(CC(C)C)C(=O)O)C1O. The number of ether oxygens (including phenoxy) is 1. The lowest BCUT2D eigenvalue weighted by atomic mass is 10.0. The third-order valence-electron chi connectivity index (χ3n) is 5.72. The van der Waals surface area contributed by atoms with E-state index in [9.17, 15) is 34.2 Å². The van der Waals surface area contributed by atoms with Crippen LogP contribution in [0.1, 0.15) is 59.8 Å². The van der Waals surface area contributed by atoms with E-state index in [1.54, 1.807) is 11.8 Å². The predicted molar refractivity (Wildman–Crippen MR) is 121 cm³/mol. The second-order valence-corrected chi connectivity index (χ2v) is 9.00. The summed E-state index contributed by atoms with van der Waals surface area (Å²) in [6.45, 7) is 7.18. The van der Waals surface area contributed by atoms with Crippen LogP contribution < -0.4 is 16.0 Å². The van der Waals surface area contributed by atoms with Gasteiger partial charge in [0.25, 0.3) is 0 Å². The maximum absolute atomic E-state index is 12.7. The molecule has 12 heteroatoms. The molecule has 12 nitrogen and oxygen atoms in total. The van der Waals surface area contributed by atoms with Crippen molar-refractivity contribution in [2.24, 2.45) is 5.92 Å². The van der Waals surface area contributed by atoms with E-state index >= 15 is 0 Å². The first-order valence-electron chi connectivity index (χ1n) is 11.5. The number of hydrogen-bond acceptors (Lipinski definition) is 8. The number of carbonyl (C=O) groups excluding carboxylic acids is 4. The minimum atomic E-state index is -1.14. The van der Waals surface area contributed by atoms with Crippen molar-refractivity contribution in [2.75, 3.05) is 13.7 Å². The Morgan fingerprint density at radius 3 is 2.26 bits per heavy atom. The first-order valence-corrected chi connectivity index (χ1v) is 11.5. The van der Waals surface area contributed by atoms with E-state index in [4.69, 9.17) is 0 Å². The Morgan fingerprint density at radius 1 is 1.06 bits per heavy atom. The van der Waals surface area contributed by atoms with E-state index in [0.717, 1.165) is 0 Å². The fraction of sp³-hybridized carbons (Fsp3) is 0.773. The summed E-state index contributed by atoms with van der Waals surface area (Å²) in [4.78, 5) is 60.7. The molecule has 0 saturated carbocycles. The van der Waals surface area contributed by atoms with Crippen molar-refractivity contribution in [1.82, 2.24) is 20.9 Å². The van der Waals surface area contributed by atoms with Gasteiger partial charge in [0.05, 0.1) is 25.6 Å². The molecule has 0 aromatic rings. The smallest absolute Gasteiger partial charge is 0.326 e. The van der Waals surface area contributed by atoms with Crippen LogP contribution in [-0.4, -0.2) is 88.8 Å². The number of amides is 3. The summed E-state index contributed by atoms with van der Waals surface area (Å²) in [5.41, 5.74) is 0. The number of aliphatic hydroxyl groups is 1. The van der Waals surface area contributed by atoms with Gasteiger partial charge < -0.3 is 30.9 Å². The molecule has 0 aliphatic carbocycles. The standard InChI is InChI=1S/C22H38N4O8/c1-12(2)10-16(22(32)33)25-20(30)14(4)26-13(3)11-15(21(26)31)24-18(28)8-9-23-17(27)6-7-19(29)34-5/h12-16,21,31H,6-11H2,1-5H3,(H,23,27)(H,24,28)(H,25,30)(H,32,33). The molecule has 0 spiro atoms. The summed E-state index contributed by atoms with van der Waals surface area (Å²) in [5.74, 6) is -2.82. The van der Waals surface area contributed by atoms with E-state index in [1.165, 1.54) is 7.11 Å². The Bertz CT molecular complexity index is 744. The lowest BCUT2D eigenvalue weighted by Gasteiger charge is -2.32. The van der Waals surface area contributed by atoms with Gasteiger partial charge in [0.15, 0.2) is 0 Å². The first kappa shape index (κ1) is 29.3. The summed E-state index contributed by atoms with van der Waals surface area (Å²) in [7, 11) is 1.23. The molecule has 1 saturated heterocycles. The number of aliphatic carboxylic acids is 1. The Labute approximate surface area is 199 Å². The third-order valence-corrected chi connectivity index (χ3v) is 5.72. The normalized spacial score (nSPS) is 22.0. The Hall–Kier alpha value is -2.73. The highest BCUT2D eigenvalue weighted by molar-refractivity contribution is 5.87. The van der Waals surface area contributed by atoms with Crippen LogP contribution in [0.5, 0.6) is 0 Å². The molecule has 5 atom stereocenters. The van der Waals surface area contributed by atoms with Crippen molar-refractivity contribution in [2.45, 2.75) is 90.2 Å². The van der Waals surface area contributed by atoms with Crippen LogP contribution in [0.25, 0.3) is 0 Å². The predicted octanol–water partition coefficient (Wildman–Crippen LogP) is -0.653. The monoisotopic (exact) mass is 486 g/mol. The van der Waals surface area contributed by atoms with Gasteiger partial charge in [-0.1, -0.05) is 13.8 Å². The number of methoxy groups -OCH3 is 1. The van der Waals surface area contributed by atoms with Gasteiger partial charge in [-0.25, -0.2) is 4.79 Å². The molecule has 1 rings (SSSR count). The molecule has 0 aromatic heterocycles. The number of nitrogens with one attached hydrogen (secondary N) is 3. The first-order chi connectivity index (χ1) is 15.9. The van der Waals surface area contributed by atoms with Crippen molar-refractivity contribution in [3.8, 4) is 0 Å². The fourth-order valence-electron chi connectivity index (χ4n) is 3.94. The molecule has 0 aromatic carbocycles. The fourth-order valence-corrected chi connectivity index (χ4v) is 3.94. The lowest BCUT2D eigenvalue weighted by Crippen LogP contribution is -2.55. The molecule has 1 aliphatic rings. The molecule has 0 bridgehead atoms. The van der Waals surface area contributed by atoms with Crippen LogP contribution in [0.3, 0.4) is 0 Å². The van der Waals surface area contributed by atoms with Gasteiger partial charge in [-0.2, -0.15) is 0 Å². The molecular formula is C22H38N4O8. The maximum Gasteiger partial charge on any atom is 0.326 e. The summed E-state index contributed by atoms with van der Waals surface area (Å²) in [5, 5.41) is 27.9. The number of carboxylic acid groups (broad SMARTS) is 1. The van der Waals surface area contributed by atoms with Crippen LogP contribution in [-0.2, 0) is 28.7 Å². The molecule has 1 fully saturated rings. The Morgan fingerprint density at radius 2 is 1.71 bits per heavy atom. The number of hydrogen-bond donors (Lipinski definition) is 5. The molecule has 5 unspecified atom stereocenters. The van der Waals surface area contributed by atoms with Gasteiger partial charge in [0.2, 0.25) is 17.7 Å². The summed E-state index contributed by atoms with van der Waals surface area (Å²) < 4.78 is 4.46. The summed E-state index contributed by atoms with van der Waals surface area (Å²) in [6, 6.07) is -2.70. The molecular weight excluding hydrogens is 448 g/mol. The van der Waals surface area contributed by atoms with Crippen molar-refractivity contribution in [3.05, 3.63) is 0 Å². The number of carbonyl (C=O) groups is 5. The van der Waals surface area contributed by atoms with Gasteiger partial charge in [0.1, 0.15) is 12.3 Å². The second kappa shape index (κ2) is 13.9. The average Bonchev–Trinajstić information content (AvgIpc) is 3.02. The highest BCUT2D eigenvalue weighted by atomic mass is 16.5. The number of esters is 1. The number of aliphatic hydroxyl groups excluding tert-OH is 1. The quantitative estimate of drug-likeness (QED) is 0.212. The molecule has 34 heavy (non-hydrogen) atoms. The highest BCUT2D eigenvalue weighted by Gasteiger charge is 2.43. The minimum Gasteiger partial charge on any atom is -0.480 e. The van der Waals surface area contributed by atoms with Crippen LogP contribution in [0.4, 0.5) is 0 Å². The van der Waals surface area contributed by atoms with E-state index in [2.05, 4.69) is 20.7 Å². The minimum absolute atomic E-state index is 0.0207. The van der Waals surface area contributed by atoms with Crippen molar-refractivity contribution < 1.29 is 38.9 Å². The van der Waals surface area contributed by atoms with Gasteiger partial charge in [-0.3, -0.25) is 24.1 Å². The number of carboxylic acids is 1. The van der Waals surface area contributed by atoms with Crippen molar-refractivity contribution in [1.29, 1.82) is 0 Å². The zero-order chi connectivity index (χ0) is 26.0. The van der Waals surface area contributed by atoms with E-state index < -0.39 is 42.2 Å². The van der Waals surface area contributed by atoms with Gasteiger partial charge >= 0.3 is 11.9 Å². The van der Waals surface area contributed by atoms with Crippen LogP contribution in [0, 0.1) is 5.92 Å². The summed E-state index contributed by atoms with van der Waals surface area (Å²) >= 11 is 0. The third kappa shape index (κ3) is 9.26.